The number of alkyl halides is 3. The lowest BCUT2D eigenvalue weighted by molar-refractivity contribution is -0.288. The van der Waals surface area contributed by atoms with Gasteiger partial charge >= 0.3 is 23.9 Å². The maximum absolute atomic E-state index is 13.4. The summed E-state index contributed by atoms with van der Waals surface area (Å²) in [7, 11) is 0. The minimum Gasteiger partial charge on any atom is -0.459 e. The summed E-state index contributed by atoms with van der Waals surface area (Å²) in [6, 6.07) is 15.5. The first-order valence-corrected chi connectivity index (χ1v) is 15.6. The van der Waals surface area contributed by atoms with Gasteiger partial charge in [0.1, 0.15) is 24.3 Å². The van der Waals surface area contributed by atoms with E-state index < -0.39 is 77.3 Å². The van der Waals surface area contributed by atoms with Crippen LogP contribution in [-0.2, 0) is 47.6 Å². The standard InChI is InChI=1S/C32H32Cl3NO12/c1-18(37)13-15-23(39)45-25-22(17-43-28(41)20-9-5-3-6-10-20)44-30(48-31(36)32(33,34)35)27(46-24(40)16-14-19(2)38)26(25)47-29(42)21-11-7-4-8-12-21/h3-12,22,25-27,30,36H,13-17H2,1-2H3/t22-,25-,26+,27-,30+/m1/s1. The molecule has 1 N–H and O–H groups in total. The molecule has 0 bridgehead atoms. The predicted molar refractivity (Wildman–Crippen MR) is 170 cm³/mol. The number of Topliss-reactive ketones (excluding diaryl/α,β-unsaturated/α-hetero) is 2. The number of esters is 4. The lowest BCUT2D eigenvalue weighted by Crippen LogP contribution is -2.63. The van der Waals surface area contributed by atoms with Crippen molar-refractivity contribution >= 4 is 76.1 Å². The molecule has 0 spiro atoms. The van der Waals surface area contributed by atoms with Crippen LogP contribution in [0.15, 0.2) is 60.7 Å². The molecule has 0 aromatic heterocycles. The molecule has 0 aliphatic carbocycles. The second-order valence-corrected chi connectivity index (χ2v) is 12.8. The molecule has 3 rings (SSSR count). The van der Waals surface area contributed by atoms with Crippen LogP contribution < -0.4 is 0 Å². The van der Waals surface area contributed by atoms with Gasteiger partial charge in [-0.3, -0.25) is 15.0 Å². The smallest absolute Gasteiger partial charge is 0.338 e. The van der Waals surface area contributed by atoms with Gasteiger partial charge in [-0.1, -0.05) is 71.2 Å². The number of hydrogen-bond acceptors (Lipinski definition) is 13. The zero-order chi connectivity index (χ0) is 35.4. The molecule has 2 aromatic carbocycles. The van der Waals surface area contributed by atoms with Crippen molar-refractivity contribution < 1.29 is 57.2 Å². The number of hydrogen-bond donors (Lipinski definition) is 1. The largest absolute Gasteiger partial charge is 0.459 e. The van der Waals surface area contributed by atoms with Gasteiger partial charge in [0, 0.05) is 12.8 Å². The van der Waals surface area contributed by atoms with Crippen molar-refractivity contribution in [2.24, 2.45) is 0 Å². The Balaban J connectivity index is 2.08. The number of ketones is 2. The molecule has 1 heterocycles. The summed E-state index contributed by atoms with van der Waals surface area (Å²) in [5.41, 5.74) is 0.212. The first kappa shape index (κ1) is 38.4. The SMILES string of the molecule is CC(=O)CCC(=O)O[C@H]1[C@H](OC(=N)C(Cl)(Cl)Cl)O[C@H](COC(=O)c2ccccc2)[C@@H](OC(=O)CCC(C)=O)[C@@H]1OC(=O)c1ccccc1. The van der Waals surface area contributed by atoms with Gasteiger partial charge in [-0.15, -0.1) is 0 Å². The van der Waals surface area contributed by atoms with E-state index in [-0.39, 0.29) is 42.0 Å². The van der Waals surface area contributed by atoms with Crippen LogP contribution in [0.4, 0.5) is 0 Å². The molecule has 0 unspecified atom stereocenters. The molecule has 13 nitrogen and oxygen atoms in total. The molecule has 1 saturated heterocycles. The lowest BCUT2D eigenvalue weighted by atomic mass is 9.97. The Labute approximate surface area is 290 Å². The van der Waals surface area contributed by atoms with Crippen LogP contribution in [0, 0.1) is 5.41 Å². The summed E-state index contributed by atoms with van der Waals surface area (Å²) >= 11 is 17.5. The third kappa shape index (κ3) is 11.9. The molecule has 0 saturated carbocycles. The quantitative estimate of drug-likeness (QED) is 0.0931. The molecule has 258 valence electrons. The number of rotatable bonds is 14. The van der Waals surface area contributed by atoms with Crippen molar-refractivity contribution in [3.63, 3.8) is 0 Å². The van der Waals surface area contributed by atoms with Crippen molar-refractivity contribution in [3.05, 3.63) is 71.8 Å². The van der Waals surface area contributed by atoms with E-state index in [2.05, 4.69) is 0 Å². The molecular weight excluding hydrogens is 697 g/mol. The van der Waals surface area contributed by atoms with Gasteiger partial charge in [0.15, 0.2) is 12.2 Å². The van der Waals surface area contributed by atoms with Crippen molar-refractivity contribution in [1.82, 2.24) is 0 Å². The van der Waals surface area contributed by atoms with E-state index in [4.69, 9.17) is 68.6 Å². The molecule has 48 heavy (non-hydrogen) atoms. The van der Waals surface area contributed by atoms with Crippen molar-refractivity contribution in [1.29, 1.82) is 5.41 Å². The van der Waals surface area contributed by atoms with Crippen LogP contribution in [-0.4, -0.2) is 82.4 Å². The van der Waals surface area contributed by atoms with Crippen LogP contribution in [0.5, 0.6) is 0 Å². The van der Waals surface area contributed by atoms with Crippen LogP contribution in [0.1, 0.15) is 60.2 Å². The topological polar surface area (TPSA) is 182 Å². The summed E-state index contributed by atoms with van der Waals surface area (Å²) in [6.45, 7) is 1.88. The van der Waals surface area contributed by atoms with Gasteiger partial charge in [0.2, 0.25) is 18.3 Å². The summed E-state index contributed by atoms with van der Waals surface area (Å²) in [6.07, 6.45) is -9.82. The highest BCUT2D eigenvalue weighted by Gasteiger charge is 2.55. The van der Waals surface area contributed by atoms with Gasteiger partial charge in [0.05, 0.1) is 24.0 Å². The van der Waals surface area contributed by atoms with E-state index in [1.54, 1.807) is 36.4 Å². The van der Waals surface area contributed by atoms with Gasteiger partial charge in [0.25, 0.3) is 3.79 Å². The third-order valence-electron chi connectivity index (χ3n) is 6.62. The monoisotopic (exact) mass is 727 g/mol. The third-order valence-corrected chi connectivity index (χ3v) is 7.14. The molecule has 1 fully saturated rings. The molecule has 0 radical (unpaired) electrons. The summed E-state index contributed by atoms with van der Waals surface area (Å²) in [5, 5.41) is 8.14. The number of halogens is 3. The lowest BCUT2D eigenvalue weighted by Gasteiger charge is -2.44. The fourth-order valence-electron chi connectivity index (χ4n) is 4.25. The minimum absolute atomic E-state index is 0.0471. The molecule has 2 aromatic rings. The van der Waals surface area contributed by atoms with E-state index >= 15 is 0 Å². The second kappa shape index (κ2) is 17.9. The number of ether oxygens (including phenoxy) is 6. The summed E-state index contributed by atoms with van der Waals surface area (Å²) < 4.78 is 31.4. The molecule has 5 atom stereocenters. The Bertz CT molecular complexity index is 1480. The second-order valence-electron chi connectivity index (χ2n) is 10.5. The van der Waals surface area contributed by atoms with E-state index in [1.165, 1.54) is 38.1 Å². The number of carbonyl (C=O) groups is 6. The maximum Gasteiger partial charge on any atom is 0.338 e. The first-order valence-electron chi connectivity index (χ1n) is 14.5. The molecule has 1 aliphatic heterocycles. The van der Waals surface area contributed by atoms with Gasteiger partial charge in [-0.2, -0.15) is 0 Å². The highest BCUT2D eigenvalue weighted by Crippen LogP contribution is 2.34. The molecular formula is C32H32Cl3NO12. The zero-order valence-corrected chi connectivity index (χ0v) is 28.0. The summed E-state index contributed by atoms with van der Waals surface area (Å²) in [4.78, 5) is 75.3. The van der Waals surface area contributed by atoms with Crippen LogP contribution >= 0.6 is 34.8 Å². The Morgan fingerprint density at radius 1 is 0.667 bits per heavy atom. The highest BCUT2D eigenvalue weighted by atomic mass is 35.6. The van der Waals surface area contributed by atoms with Crippen molar-refractivity contribution in [3.8, 4) is 0 Å². The van der Waals surface area contributed by atoms with Gasteiger partial charge in [-0.25, -0.2) is 9.59 Å². The highest BCUT2D eigenvalue weighted by molar-refractivity contribution is 6.76. The minimum atomic E-state index is -2.44. The predicted octanol–water partition coefficient (Wildman–Crippen LogP) is 4.72. The van der Waals surface area contributed by atoms with Crippen molar-refractivity contribution in [2.45, 2.75) is 74.0 Å². The summed E-state index contributed by atoms with van der Waals surface area (Å²) in [5.74, 6) is -5.33. The Kier molecular flexibility index (Phi) is 14.3. The molecule has 0 amide bonds. The average molecular weight is 729 g/mol. The van der Waals surface area contributed by atoms with Gasteiger partial charge < -0.3 is 38.0 Å². The van der Waals surface area contributed by atoms with Crippen molar-refractivity contribution in [2.75, 3.05) is 6.61 Å². The average Bonchev–Trinajstić information content (AvgIpc) is 3.04. The molecule has 16 heteroatoms. The van der Waals surface area contributed by atoms with E-state index in [0.29, 0.717) is 0 Å². The fraction of sp³-hybridized carbons (Fsp3) is 0.406. The zero-order valence-electron chi connectivity index (χ0n) is 25.7. The van der Waals surface area contributed by atoms with Crippen LogP contribution in [0.2, 0.25) is 0 Å². The van der Waals surface area contributed by atoms with E-state index in [9.17, 15) is 28.8 Å². The van der Waals surface area contributed by atoms with Crippen LogP contribution in [0.25, 0.3) is 0 Å². The fourth-order valence-corrected chi connectivity index (χ4v) is 4.38. The van der Waals surface area contributed by atoms with E-state index in [1.807, 2.05) is 0 Å². The molecule has 1 aliphatic rings. The number of carbonyl (C=O) groups excluding carboxylic acids is 6. The first-order chi connectivity index (χ1) is 22.6. The number of nitrogens with one attached hydrogen (secondary N) is 1. The van der Waals surface area contributed by atoms with E-state index in [0.717, 1.165) is 0 Å². The normalized spacial score (nSPS) is 20.5. The Morgan fingerprint density at radius 2 is 1.15 bits per heavy atom. The Morgan fingerprint density at radius 3 is 1.62 bits per heavy atom. The number of benzene rings is 2. The van der Waals surface area contributed by atoms with Gasteiger partial charge in [-0.05, 0) is 38.1 Å². The maximum atomic E-state index is 13.4. The van der Waals surface area contributed by atoms with Crippen LogP contribution in [0.3, 0.4) is 0 Å². The Hall–Kier alpha value is -4.04.